The van der Waals surface area contributed by atoms with Gasteiger partial charge < -0.3 is 5.32 Å². The van der Waals surface area contributed by atoms with E-state index in [1.807, 2.05) is 12.1 Å². The van der Waals surface area contributed by atoms with Crippen molar-refractivity contribution in [1.82, 2.24) is 5.32 Å². The maximum absolute atomic E-state index is 11.8. The van der Waals surface area contributed by atoms with Gasteiger partial charge in [0, 0.05) is 5.57 Å². The van der Waals surface area contributed by atoms with E-state index >= 15 is 0 Å². The summed E-state index contributed by atoms with van der Waals surface area (Å²) < 4.78 is 0. The van der Waals surface area contributed by atoms with E-state index in [4.69, 9.17) is 16.7 Å². The largest absolute Gasteiger partial charge is 0.320 e. The van der Waals surface area contributed by atoms with Crippen LogP contribution in [0.1, 0.15) is 5.56 Å². The Morgan fingerprint density at radius 1 is 1.21 bits per heavy atom. The minimum atomic E-state index is -1.76. The van der Waals surface area contributed by atoms with Crippen molar-refractivity contribution in [2.24, 2.45) is 17.4 Å². The van der Waals surface area contributed by atoms with Gasteiger partial charge in [-0.05, 0) is 5.56 Å². The van der Waals surface area contributed by atoms with E-state index in [-0.39, 0.29) is 11.1 Å². The summed E-state index contributed by atoms with van der Waals surface area (Å²) >= 11 is 0. The summed E-state index contributed by atoms with van der Waals surface area (Å²) in [4.78, 5) is 11.8. The molecule has 2 rings (SSSR count). The van der Waals surface area contributed by atoms with Crippen molar-refractivity contribution in [2.45, 2.75) is 5.79 Å². The van der Waals surface area contributed by atoms with E-state index in [1.165, 1.54) is 0 Å². The van der Waals surface area contributed by atoms with Crippen LogP contribution < -0.4 is 16.8 Å². The van der Waals surface area contributed by atoms with Crippen molar-refractivity contribution in [2.75, 3.05) is 0 Å². The third kappa shape index (κ3) is 2.06. The lowest BCUT2D eigenvalue weighted by Crippen LogP contribution is -2.67. The molecular formula is C13H11N5O. The molecule has 6 heteroatoms. The number of benzene rings is 1. The van der Waals surface area contributed by atoms with E-state index in [0.29, 0.717) is 5.56 Å². The van der Waals surface area contributed by atoms with Crippen molar-refractivity contribution in [3.63, 3.8) is 0 Å². The molecule has 0 aliphatic carbocycles. The molecule has 0 bridgehead atoms. The van der Waals surface area contributed by atoms with Crippen molar-refractivity contribution in [1.29, 1.82) is 10.5 Å². The monoisotopic (exact) mass is 253 g/mol. The molecule has 1 aromatic rings. The van der Waals surface area contributed by atoms with Gasteiger partial charge in [-0.15, -0.1) is 0 Å². The van der Waals surface area contributed by atoms with E-state index in [2.05, 4.69) is 5.32 Å². The highest BCUT2D eigenvalue weighted by molar-refractivity contribution is 5.99. The van der Waals surface area contributed by atoms with E-state index in [9.17, 15) is 10.1 Å². The van der Waals surface area contributed by atoms with Crippen molar-refractivity contribution in [3.05, 3.63) is 41.5 Å². The molecule has 1 aliphatic rings. The molecule has 0 aromatic heterocycles. The lowest BCUT2D eigenvalue weighted by atomic mass is 9.83. The van der Waals surface area contributed by atoms with E-state index in [1.54, 1.807) is 30.3 Å². The van der Waals surface area contributed by atoms with Crippen LogP contribution in [0.3, 0.4) is 0 Å². The number of carbonyl (C=O) groups is 1. The number of nitrogens with two attached hydrogens (primary N) is 2. The molecule has 1 heterocycles. The Bertz CT molecular complexity index is 633. The number of carbonyl (C=O) groups excluding carboxylic acids is 1. The average Bonchev–Trinajstić information content (AvgIpc) is 2.38. The highest BCUT2D eigenvalue weighted by Gasteiger charge is 2.42. The Labute approximate surface area is 109 Å². The summed E-state index contributed by atoms with van der Waals surface area (Å²) in [5, 5.41) is 20.6. The summed E-state index contributed by atoms with van der Waals surface area (Å²) in [7, 11) is 0. The number of hydrogen-bond donors (Lipinski definition) is 3. The van der Waals surface area contributed by atoms with Gasteiger partial charge in [0.15, 0.2) is 11.7 Å². The zero-order valence-corrected chi connectivity index (χ0v) is 9.92. The molecule has 0 spiro atoms. The number of nitrogens with zero attached hydrogens (tertiary/aromatic N) is 2. The van der Waals surface area contributed by atoms with Crippen LogP contribution in [0.25, 0.3) is 5.57 Å². The van der Waals surface area contributed by atoms with Gasteiger partial charge in [-0.2, -0.15) is 10.5 Å². The first-order valence-corrected chi connectivity index (χ1v) is 5.51. The summed E-state index contributed by atoms with van der Waals surface area (Å²) in [5.41, 5.74) is 12.3. The Balaban J connectivity index is 2.75. The summed E-state index contributed by atoms with van der Waals surface area (Å²) in [6.45, 7) is 0. The zero-order valence-electron chi connectivity index (χ0n) is 9.92. The van der Waals surface area contributed by atoms with Gasteiger partial charge in [0.2, 0.25) is 5.91 Å². The second kappa shape index (κ2) is 4.54. The maximum atomic E-state index is 11.8. The predicted molar refractivity (Wildman–Crippen MR) is 67.3 cm³/mol. The fourth-order valence-corrected chi connectivity index (χ4v) is 2.04. The lowest BCUT2D eigenvalue weighted by molar-refractivity contribution is -0.123. The van der Waals surface area contributed by atoms with Gasteiger partial charge in [0.25, 0.3) is 0 Å². The van der Waals surface area contributed by atoms with Crippen molar-refractivity contribution in [3.8, 4) is 12.1 Å². The fourth-order valence-electron chi connectivity index (χ4n) is 2.04. The van der Waals surface area contributed by atoms with Crippen LogP contribution in [-0.2, 0) is 4.79 Å². The number of nitriles is 2. The Morgan fingerprint density at radius 2 is 1.84 bits per heavy atom. The van der Waals surface area contributed by atoms with Crippen LogP contribution >= 0.6 is 0 Å². The first-order valence-electron chi connectivity index (χ1n) is 5.51. The normalized spacial score (nSPS) is 21.3. The molecule has 1 aromatic carbocycles. The molecule has 0 radical (unpaired) electrons. The third-order valence-electron chi connectivity index (χ3n) is 2.89. The lowest BCUT2D eigenvalue weighted by Gasteiger charge is -2.33. The SMILES string of the molecule is N#CC1=C(c2ccccc2)C(C#N)C(=O)NC1(N)N. The van der Waals surface area contributed by atoms with Gasteiger partial charge in [-0.1, -0.05) is 30.3 Å². The second-order valence-corrected chi connectivity index (χ2v) is 4.19. The topological polar surface area (TPSA) is 129 Å². The van der Waals surface area contributed by atoms with Crippen LogP contribution in [0, 0.1) is 28.6 Å². The molecule has 1 unspecified atom stereocenters. The summed E-state index contributed by atoms with van der Waals surface area (Å²) in [6, 6.07) is 12.4. The van der Waals surface area contributed by atoms with Gasteiger partial charge in [0.1, 0.15) is 6.07 Å². The molecule has 0 saturated carbocycles. The van der Waals surface area contributed by atoms with Gasteiger partial charge in [0.05, 0.1) is 11.6 Å². The molecule has 0 fully saturated rings. The first-order chi connectivity index (χ1) is 9.01. The first kappa shape index (κ1) is 12.8. The molecule has 0 saturated heterocycles. The minimum absolute atomic E-state index is 0.00940. The van der Waals surface area contributed by atoms with Gasteiger partial charge in [-0.3, -0.25) is 16.3 Å². The zero-order chi connectivity index (χ0) is 14.0. The van der Waals surface area contributed by atoms with Crippen LogP contribution in [0.4, 0.5) is 0 Å². The van der Waals surface area contributed by atoms with Crippen molar-refractivity contribution < 1.29 is 4.79 Å². The van der Waals surface area contributed by atoms with Gasteiger partial charge in [-0.25, -0.2) is 0 Å². The van der Waals surface area contributed by atoms with Crippen LogP contribution in [-0.4, -0.2) is 11.7 Å². The molecule has 19 heavy (non-hydrogen) atoms. The minimum Gasteiger partial charge on any atom is -0.320 e. The van der Waals surface area contributed by atoms with Crippen LogP contribution in [0.15, 0.2) is 35.9 Å². The molecule has 5 N–H and O–H groups in total. The van der Waals surface area contributed by atoms with E-state index < -0.39 is 17.6 Å². The number of rotatable bonds is 1. The Kier molecular flexibility index (Phi) is 3.05. The molecule has 1 aliphatic heterocycles. The van der Waals surface area contributed by atoms with Crippen LogP contribution in [0.5, 0.6) is 0 Å². The number of nitrogens with one attached hydrogen (secondary N) is 1. The number of hydrogen-bond acceptors (Lipinski definition) is 5. The summed E-state index contributed by atoms with van der Waals surface area (Å²) in [5.74, 6) is -3.47. The van der Waals surface area contributed by atoms with E-state index in [0.717, 1.165) is 0 Å². The van der Waals surface area contributed by atoms with Crippen LogP contribution in [0.2, 0.25) is 0 Å². The average molecular weight is 253 g/mol. The second-order valence-electron chi connectivity index (χ2n) is 4.19. The Hall–Kier alpha value is -2.67. The van der Waals surface area contributed by atoms with Gasteiger partial charge >= 0.3 is 0 Å². The standard InChI is InChI=1S/C13H11N5O/c14-6-9-11(8-4-2-1-3-5-8)10(7-15)13(16,17)18-12(9)19/h1-5,9H,16-17H2,(H,18,19). The Morgan fingerprint density at radius 3 is 2.37 bits per heavy atom. The third-order valence-corrected chi connectivity index (χ3v) is 2.89. The molecule has 1 atom stereocenters. The molecule has 94 valence electrons. The summed E-state index contributed by atoms with van der Waals surface area (Å²) in [6.07, 6.45) is 0. The fraction of sp³-hybridized carbons (Fsp3) is 0.154. The quantitative estimate of drug-likeness (QED) is 0.597. The maximum Gasteiger partial charge on any atom is 0.244 e. The predicted octanol–water partition coefficient (Wildman–Crippen LogP) is -0.195. The molecule has 6 nitrogen and oxygen atoms in total. The molecule has 1 amide bonds. The smallest absolute Gasteiger partial charge is 0.244 e. The highest BCUT2D eigenvalue weighted by Crippen LogP contribution is 2.32. The molecular weight excluding hydrogens is 242 g/mol. The number of amides is 1. The highest BCUT2D eigenvalue weighted by atomic mass is 16.2. The van der Waals surface area contributed by atoms with Crippen molar-refractivity contribution >= 4 is 11.5 Å².